The van der Waals surface area contributed by atoms with Gasteiger partial charge in [0.1, 0.15) is 4.90 Å². The van der Waals surface area contributed by atoms with E-state index in [0.717, 1.165) is 12.1 Å². The van der Waals surface area contributed by atoms with Crippen molar-refractivity contribution >= 4 is 34.0 Å². The minimum atomic E-state index is -4.63. The fourth-order valence-electron chi connectivity index (χ4n) is 1.44. The Morgan fingerprint density at radius 1 is 1.24 bits per heavy atom. The summed E-state index contributed by atoms with van der Waals surface area (Å²) in [6, 6.07) is 2.17. The molecule has 0 spiro atoms. The predicted octanol–water partition coefficient (Wildman–Crippen LogP) is 2.80. The van der Waals surface area contributed by atoms with Gasteiger partial charge < -0.3 is 5.73 Å². The van der Waals surface area contributed by atoms with Crippen molar-refractivity contribution in [2.45, 2.75) is 23.9 Å². The van der Waals surface area contributed by atoms with Gasteiger partial charge in [-0.3, -0.25) is 0 Å². The van der Waals surface area contributed by atoms with Crippen molar-refractivity contribution in [1.29, 1.82) is 0 Å². The van der Waals surface area contributed by atoms with Crippen molar-refractivity contribution in [3.8, 4) is 0 Å². The highest BCUT2D eigenvalue weighted by Gasteiger charge is 2.32. The summed E-state index contributed by atoms with van der Waals surface area (Å²) in [5.41, 5.74) is 4.19. The van der Waals surface area contributed by atoms with E-state index in [1.807, 2.05) is 0 Å². The Morgan fingerprint density at radius 3 is 2.38 bits per heavy atom. The average molecular weight is 367 g/mol. The Labute approximate surface area is 132 Å². The summed E-state index contributed by atoms with van der Waals surface area (Å²) in [5, 5.41) is -0.260. The lowest BCUT2D eigenvalue weighted by Crippen LogP contribution is -2.26. The average Bonchev–Trinajstić information content (AvgIpc) is 2.33. The van der Waals surface area contributed by atoms with Crippen molar-refractivity contribution in [2.75, 3.05) is 13.1 Å². The number of halogens is 5. The lowest BCUT2D eigenvalue weighted by atomic mass is 10.2. The van der Waals surface area contributed by atoms with Gasteiger partial charge in [-0.2, -0.15) is 13.2 Å². The van der Waals surface area contributed by atoms with Crippen LogP contribution in [0.2, 0.25) is 5.02 Å². The molecule has 1 rings (SSSR count). The van der Waals surface area contributed by atoms with E-state index >= 15 is 0 Å². The molecule has 0 fully saturated rings. The number of alkyl halides is 3. The van der Waals surface area contributed by atoms with Crippen LogP contribution in [-0.4, -0.2) is 21.5 Å². The third-order valence-electron chi connectivity index (χ3n) is 2.47. The zero-order chi connectivity index (χ0) is 15.4. The number of benzene rings is 1. The molecule has 21 heavy (non-hydrogen) atoms. The molecule has 0 bridgehead atoms. The first-order chi connectivity index (χ1) is 9.18. The molecular formula is C11H15Cl2F3N2O2S. The van der Waals surface area contributed by atoms with Crippen LogP contribution in [0.1, 0.15) is 18.4 Å². The van der Waals surface area contributed by atoms with Crippen LogP contribution < -0.4 is 10.5 Å². The van der Waals surface area contributed by atoms with E-state index in [9.17, 15) is 21.6 Å². The molecule has 3 N–H and O–H groups in total. The van der Waals surface area contributed by atoms with Gasteiger partial charge in [0, 0.05) is 6.54 Å². The standard InChI is InChI=1S/C11H14ClF3N2O2S.ClH/c12-9-4-3-8(11(13,14)15)7-10(9)20(18,19)17-6-2-1-5-16;/h3-4,7,17H,1-2,5-6,16H2;1H. The molecule has 1 aromatic carbocycles. The number of unbranched alkanes of at least 4 members (excludes halogenated alkanes) is 1. The molecule has 10 heteroatoms. The summed E-state index contributed by atoms with van der Waals surface area (Å²) in [4.78, 5) is -0.582. The Bertz CT molecular complexity index is 565. The van der Waals surface area contributed by atoms with Gasteiger partial charge in [0.2, 0.25) is 10.0 Å². The Kier molecular flexibility index (Phi) is 7.98. The molecule has 1 aromatic rings. The summed E-state index contributed by atoms with van der Waals surface area (Å²) in [5.74, 6) is 0. The van der Waals surface area contributed by atoms with Crippen molar-refractivity contribution in [3.05, 3.63) is 28.8 Å². The number of hydrogen-bond donors (Lipinski definition) is 2. The Balaban J connectivity index is 0.00000400. The second-order valence-corrected chi connectivity index (χ2v) is 6.18. The van der Waals surface area contributed by atoms with Crippen molar-refractivity contribution in [1.82, 2.24) is 4.72 Å². The summed E-state index contributed by atoms with van der Waals surface area (Å²) >= 11 is 5.66. The van der Waals surface area contributed by atoms with Crippen LogP contribution in [0, 0.1) is 0 Å². The monoisotopic (exact) mass is 366 g/mol. The van der Waals surface area contributed by atoms with Gasteiger partial charge in [-0.1, -0.05) is 11.6 Å². The molecule has 0 aliphatic rings. The lowest BCUT2D eigenvalue weighted by Gasteiger charge is -2.11. The van der Waals surface area contributed by atoms with Gasteiger partial charge in [0.15, 0.2) is 0 Å². The van der Waals surface area contributed by atoms with Crippen molar-refractivity contribution in [2.24, 2.45) is 5.73 Å². The first-order valence-electron chi connectivity index (χ1n) is 5.75. The minimum Gasteiger partial charge on any atom is -0.330 e. The van der Waals surface area contributed by atoms with Crippen LogP contribution in [-0.2, 0) is 16.2 Å². The van der Waals surface area contributed by atoms with Crippen LogP contribution in [0.5, 0.6) is 0 Å². The topological polar surface area (TPSA) is 72.2 Å². The predicted molar refractivity (Wildman–Crippen MR) is 77.2 cm³/mol. The van der Waals surface area contributed by atoms with Crippen LogP contribution in [0.3, 0.4) is 0 Å². The van der Waals surface area contributed by atoms with Gasteiger partial charge in [-0.05, 0) is 37.6 Å². The Hall–Kier alpha value is -0.540. The van der Waals surface area contributed by atoms with Gasteiger partial charge in [0.05, 0.1) is 10.6 Å². The third-order valence-corrected chi connectivity index (χ3v) is 4.41. The summed E-state index contributed by atoms with van der Waals surface area (Å²) in [6.07, 6.45) is -3.53. The number of nitrogens with one attached hydrogen (secondary N) is 1. The SMILES string of the molecule is Cl.NCCCCNS(=O)(=O)c1cc(C(F)(F)F)ccc1Cl. The smallest absolute Gasteiger partial charge is 0.330 e. The second-order valence-electron chi connectivity index (χ2n) is 4.04. The zero-order valence-corrected chi connectivity index (χ0v) is 13.2. The van der Waals surface area contributed by atoms with Crippen LogP contribution in [0.15, 0.2) is 23.1 Å². The quantitative estimate of drug-likeness (QED) is 0.760. The molecule has 0 aliphatic heterocycles. The van der Waals surface area contributed by atoms with Crippen LogP contribution in [0.25, 0.3) is 0 Å². The van der Waals surface area contributed by atoms with Crippen LogP contribution >= 0.6 is 24.0 Å². The largest absolute Gasteiger partial charge is 0.416 e. The van der Waals surface area contributed by atoms with E-state index in [0.29, 0.717) is 25.5 Å². The van der Waals surface area contributed by atoms with Gasteiger partial charge >= 0.3 is 6.18 Å². The van der Waals surface area contributed by atoms with E-state index in [4.69, 9.17) is 17.3 Å². The molecule has 4 nitrogen and oxygen atoms in total. The van der Waals surface area contributed by atoms with Crippen molar-refractivity contribution < 1.29 is 21.6 Å². The van der Waals surface area contributed by atoms with Crippen molar-refractivity contribution in [3.63, 3.8) is 0 Å². The Morgan fingerprint density at radius 2 is 1.86 bits per heavy atom. The molecule has 0 aliphatic carbocycles. The van der Waals surface area contributed by atoms with Gasteiger partial charge in [-0.15, -0.1) is 12.4 Å². The molecule has 122 valence electrons. The molecule has 0 aromatic heterocycles. The van der Waals surface area contributed by atoms with E-state index in [2.05, 4.69) is 4.72 Å². The molecule has 0 atom stereocenters. The minimum absolute atomic E-state index is 0. The molecule has 0 radical (unpaired) electrons. The molecule has 0 saturated heterocycles. The number of sulfonamides is 1. The maximum atomic E-state index is 12.6. The number of nitrogens with two attached hydrogens (primary N) is 1. The lowest BCUT2D eigenvalue weighted by molar-refractivity contribution is -0.137. The molecular weight excluding hydrogens is 352 g/mol. The molecule has 0 heterocycles. The fourth-order valence-corrected chi connectivity index (χ4v) is 3.04. The normalized spacial score (nSPS) is 12.0. The highest BCUT2D eigenvalue weighted by atomic mass is 35.5. The summed E-state index contributed by atoms with van der Waals surface area (Å²) in [7, 11) is -4.08. The number of rotatable bonds is 6. The highest BCUT2D eigenvalue weighted by Crippen LogP contribution is 2.33. The summed E-state index contributed by atoms with van der Waals surface area (Å²) < 4.78 is 63.7. The van der Waals surface area contributed by atoms with E-state index in [-0.39, 0.29) is 24.0 Å². The van der Waals surface area contributed by atoms with E-state index in [1.54, 1.807) is 0 Å². The number of hydrogen-bond acceptors (Lipinski definition) is 3. The third kappa shape index (κ3) is 5.99. The first kappa shape index (κ1) is 20.5. The highest BCUT2D eigenvalue weighted by molar-refractivity contribution is 7.89. The molecule has 0 unspecified atom stereocenters. The molecule has 0 amide bonds. The first-order valence-corrected chi connectivity index (χ1v) is 7.61. The zero-order valence-electron chi connectivity index (χ0n) is 10.8. The van der Waals surface area contributed by atoms with E-state index in [1.165, 1.54) is 0 Å². The maximum absolute atomic E-state index is 12.6. The van der Waals surface area contributed by atoms with E-state index < -0.39 is 26.7 Å². The van der Waals surface area contributed by atoms with Crippen LogP contribution in [0.4, 0.5) is 13.2 Å². The fraction of sp³-hybridized carbons (Fsp3) is 0.455. The van der Waals surface area contributed by atoms with Gasteiger partial charge in [-0.25, -0.2) is 13.1 Å². The van der Waals surface area contributed by atoms with Gasteiger partial charge in [0.25, 0.3) is 0 Å². The second kappa shape index (κ2) is 8.19. The summed E-state index contributed by atoms with van der Waals surface area (Å²) in [6.45, 7) is 0.498. The maximum Gasteiger partial charge on any atom is 0.416 e. The molecule has 0 saturated carbocycles.